The Bertz CT molecular complexity index is 682. The largest absolute Gasteiger partial charge is 0.481 e. The van der Waals surface area contributed by atoms with E-state index < -0.39 is 10.9 Å². The highest BCUT2D eigenvalue weighted by atomic mass is 32.1. The van der Waals surface area contributed by atoms with E-state index in [-0.39, 0.29) is 18.0 Å². The van der Waals surface area contributed by atoms with E-state index >= 15 is 0 Å². The van der Waals surface area contributed by atoms with E-state index in [0.717, 1.165) is 11.0 Å². The van der Waals surface area contributed by atoms with Crippen LogP contribution in [0.1, 0.15) is 10.4 Å². The summed E-state index contributed by atoms with van der Waals surface area (Å²) in [4.78, 5) is 25.7. The zero-order valence-corrected chi connectivity index (χ0v) is 11.4. The maximum Gasteiger partial charge on any atom is 0.328 e. The quantitative estimate of drug-likeness (QED) is 0.500. The summed E-state index contributed by atoms with van der Waals surface area (Å²) in [6.45, 7) is 0.190. The van der Waals surface area contributed by atoms with Crippen LogP contribution < -0.4 is 4.74 Å². The number of ether oxygens (including phenoxy) is 1. The van der Waals surface area contributed by atoms with E-state index in [0.29, 0.717) is 5.56 Å². The number of aromatic nitrogens is 1. The maximum absolute atomic E-state index is 11.0. The van der Waals surface area contributed by atoms with Crippen molar-refractivity contribution < 1.29 is 19.6 Å². The van der Waals surface area contributed by atoms with Crippen molar-refractivity contribution in [2.75, 3.05) is 0 Å². The second-order valence-electron chi connectivity index (χ2n) is 3.91. The Morgan fingerprint density at radius 3 is 2.95 bits per heavy atom. The molecule has 0 saturated heterocycles. The van der Waals surface area contributed by atoms with Crippen LogP contribution in [0.15, 0.2) is 36.0 Å². The molecule has 0 fully saturated rings. The van der Waals surface area contributed by atoms with Gasteiger partial charge in [0.1, 0.15) is 6.61 Å². The van der Waals surface area contributed by atoms with Crippen LogP contribution in [0.4, 0.5) is 5.69 Å². The minimum Gasteiger partial charge on any atom is -0.481 e. The zero-order valence-electron chi connectivity index (χ0n) is 10.6. The average molecular weight is 306 g/mol. The monoisotopic (exact) mass is 306 g/mol. The zero-order chi connectivity index (χ0) is 15.2. The molecular formula is C13H10N2O5S. The number of nitrogens with zero attached hydrogens (tertiary/aromatic N) is 2. The summed E-state index contributed by atoms with van der Waals surface area (Å²) in [6, 6.07) is 4.26. The van der Waals surface area contributed by atoms with Crippen molar-refractivity contribution >= 4 is 29.1 Å². The first kappa shape index (κ1) is 14.7. The Morgan fingerprint density at radius 2 is 2.33 bits per heavy atom. The topological polar surface area (TPSA) is 103 Å². The SMILES string of the molecule is O=C(O)/C=C/c1ccc(OCc2cncs2)c([N+](=O)[O-])c1. The van der Waals surface area contributed by atoms with Gasteiger partial charge in [-0.1, -0.05) is 6.07 Å². The molecule has 1 aromatic heterocycles. The molecule has 0 aliphatic carbocycles. The summed E-state index contributed by atoms with van der Waals surface area (Å²) < 4.78 is 5.41. The molecule has 21 heavy (non-hydrogen) atoms. The Morgan fingerprint density at radius 1 is 1.52 bits per heavy atom. The number of carbonyl (C=O) groups is 1. The highest BCUT2D eigenvalue weighted by Crippen LogP contribution is 2.29. The van der Waals surface area contributed by atoms with E-state index in [1.54, 1.807) is 17.8 Å². The van der Waals surface area contributed by atoms with Crippen LogP contribution in [0.25, 0.3) is 6.08 Å². The van der Waals surface area contributed by atoms with Crippen LogP contribution >= 0.6 is 11.3 Å². The Balaban J connectivity index is 2.20. The van der Waals surface area contributed by atoms with Gasteiger partial charge >= 0.3 is 11.7 Å². The summed E-state index contributed by atoms with van der Waals surface area (Å²) in [7, 11) is 0. The fourth-order valence-electron chi connectivity index (χ4n) is 1.53. The Kier molecular flexibility index (Phi) is 4.62. The molecule has 0 aliphatic rings. The lowest BCUT2D eigenvalue weighted by Crippen LogP contribution is -1.98. The normalized spacial score (nSPS) is 10.7. The molecule has 8 heteroatoms. The van der Waals surface area contributed by atoms with Crippen LogP contribution in [0, 0.1) is 10.1 Å². The first-order chi connectivity index (χ1) is 10.1. The summed E-state index contributed by atoms with van der Waals surface area (Å²) in [5.41, 5.74) is 1.84. The van der Waals surface area contributed by atoms with Crippen molar-refractivity contribution in [1.82, 2.24) is 4.98 Å². The molecule has 2 aromatic rings. The third-order valence-electron chi connectivity index (χ3n) is 2.45. The standard InChI is InChI=1S/C13H10N2O5S/c16-13(17)4-2-9-1-3-12(11(5-9)15(18)19)20-7-10-6-14-8-21-10/h1-6,8H,7H2,(H,16,17)/b4-2+. The second kappa shape index (κ2) is 6.62. The van der Waals surface area contributed by atoms with Gasteiger partial charge in [-0.3, -0.25) is 15.1 Å². The molecule has 1 heterocycles. The Labute approximate surface area is 123 Å². The molecule has 1 N–H and O–H groups in total. The van der Waals surface area contributed by atoms with Gasteiger partial charge in [-0.25, -0.2) is 4.79 Å². The highest BCUT2D eigenvalue weighted by molar-refractivity contribution is 7.09. The van der Waals surface area contributed by atoms with Gasteiger partial charge in [-0.15, -0.1) is 11.3 Å². The summed E-state index contributed by atoms with van der Waals surface area (Å²) in [6.07, 6.45) is 3.82. The number of nitro groups is 1. The molecule has 0 bridgehead atoms. The third-order valence-corrected chi connectivity index (χ3v) is 3.20. The highest BCUT2D eigenvalue weighted by Gasteiger charge is 2.15. The number of thiazole rings is 1. The second-order valence-corrected chi connectivity index (χ2v) is 4.88. The van der Waals surface area contributed by atoms with Crippen molar-refractivity contribution in [3.8, 4) is 5.75 Å². The molecular weight excluding hydrogens is 296 g/mol. The van der Waals surface area contributed by atoms with Crippen LogP contribution in [0.2, 0.25) is 0 Å². The molecule has 0 spiro atoms. The van der Waals surface area contributed by atoms with Crippen LogP contribution in [-0.2, 0) is 11.4 Å². The molecule has 0 unspecified atom stereocenters. The lowest BCUT2D eigenvalue weighted by Gasteiger charge is -2.05. The lowest BCUT2D eigenvalue weighted by atomic mass is 10.1. The van der Waals surface area contributed by atoms with Gasteiger partial charge in [0.2, 0.25) is 0 Å². The molecule has 7 nitrogen and oxygen atoms in total. The predicted molar refractivity (Wildman–Crippen MR) is 76.2 cm³/mol. The third kappa shape index (κ3) is 4.11. The number of hydrogen-bond donors (Lipinski definition) is 1. The minimum atomic E-state index is -1.12. The molecule has 0 aliphatic heterocycles. The van der Waals surface area contributed by atoms with Crippen LogP contribution in [0.3, 0.4) is 0 Å². The van der Waals surface area contributed by atoms with Crippen molar-refractivity contribution in [3.63, 3.8) is 0 Å². The van der Waals surface area contributed by atoms with Crippen molar-refractivity contribution in [1.29, 1.82) is 0 Å². The minimum absolute atomic E-state index is 0.126. The van der Waals surface area contributed by atoms with Crippen molar-refractivity contribution in [2.24, 2.45) is 0 Å². The molecule has 1 aromatic carbocycles. The summed E-state index contributed by atoms with van der Waals surface area (Å²) in [5, 5.41) is 19.6. The average Bonchev–Trinajstić information content (AvgIpc) is 2.96. The van der Waals surface area contributed by atoms with Crippen LogP contribution in [0.5, 0.6) is 5.75 Å². The van der Waals surface area contributed by atoms with E-state index in [9.17, 15) is 14.9 Å². The van der Waals surface area contributed by atoms with E-state index in [4.69, 9.17) is 9.84 Å². The first-order valence-corrected chi connectivity index (χ1v) is 6.64. The number of aliphatic carboxylic acids is 1. The van der Waals surface area contributed by atoms with Gasteiger partial charge in [0.05, 0.1) is 15.3 Å². The molecule has 0 radical (unpaired) electrons. The fraction of sp³-hybridized carbons (Fsp3) is 0.0769. The molecule has 0 amide bonds. The van der Waals surface area contributed by atoms with Gasteiger partial charge in [0, 0.05) is 18.3 Å². The number of carboxylic acids is 1. The van der Waals surface area contributed by atoms with E-state index in [2.05, 4.69) is 4.98 Å². The number of hydrogen-bond acceptors (Lipinski definition) is 6. The number of carboxylic acid groups (broad SMARTS) is 1. The van der Waals surface area contributed by atoms with Gasteiger partial charge in [-0.05, 0) is 17.7 Å². The maximum atomic E-state index is 11.0. The molecule has 108 valence electrons. The van der Waals surface area contributed by atoms with Gasteiger partial charge in [0.15, 0.2) is 5.75 Å². The van der Waals surface area contributed by atoms with Gasteiger partial charge < -0.3 is 9.84 Å². The number of benzene rings is 1. The number of nitro benzene ring substituents is 1. The predicted octanol–water partition coefficient (Wildman–Crippen LogP) is 2.73. The summed E-state index contributed by atoms with van der Waals surface area (Å²) >= 11 is 1.39. The fourth-order valence-corrected chi connectivity index (χ4v) is 2.04. The molecule has 0 saturated carbocycles. The lowest BCUT2D eigenvalue weighted by molar-refractivity contribution is -0.386. The summed E-state index contributed by atoms with van der Waals surface area (Å²) in [5.74, 6) is -0.996. The first-order valence-electron chi connectivity index (χ1n) is 5.76. The smallest absolute Gasteiger partial charge is 0.328 e. The molecule has 2 rings (SSSR count). The van der Waals surface area contributed by atoms with Gasteiger partial charge in [0.25, 0.3) is 0 Å². The van der Waals surface area contributed by atoms with Gasteiger partial charge in [-0.2, -0.15) is 0 Å². The van der Waals surface area contributed by atoms with Crippen molar-refractivity contribution in [2.45, 2.75) is 6.61 Å². The van der Waals surface area contributed by atoms with E-state index in [1.807, 2.05) is 0 Å². The van der Waals surface area contributed by atoms with Crippen molar-refractivity contribution in [3.05, 3.63) is 56.5 Å². The number of rotatable bonds is 6. The van der Waals surface area contributed by atoms with Crippen LogP contribution in [-0.4, -0.2) is 21.0 Å². The van der Waals surface area contributed by atoms with E-state index in [1.165, 1.54) is 29.5 Å². The Hall–Kier alpha value is -2.74. The molecule has 0 atom stereocenters.